The van der Waals surface area contributed by atoms with Crippen LogP contribution in [-0.4, -0.2) is 26.6 Å². The molecule has 4 nitrogen and oxygen atoms in total. The van der Waals surface area contributed by atoms with Crippen LogP contribution in [0.2, 0.25) is 0 Å². The number of nitrogens with zero attached hydrogens (tertiary/aromatic N) is 1. The Kier molecular flexibility index (Phi) is 3.68. The summed E-state index contributed by atoms with van der Waals surface area (Å²) in [4.78, 5) is 15.0. The summed E-state index contributed by atoms with van der Waals surface area (Å²) in [5.74, 6) is 0.293. The molecule has 0 aromatic heterocycles. The van der Waals surface area contributed by atoms with Crippen LogP contribution >= 0.6 is 0 Å². The van der Waals surface area contributed by atoms with E-state index in [-0.39, 0.29) is 11.7 Å². The highest BCUT2D eigenvalue weighted by Crippen LogP contribution is 2.29. The minimum Gasteiger partial charge on any atom is -0.312 e. The molecule has 0 spiro atoms. The van der Waals surface area contributed by atoms with Gasteiger partial charge in [-0.05, 0) is 48.1 Å². The third-order valence-electron chi connectivity index (χ3n) is 4.86. The number of amides is 1. The van der Waals surface area contributed by atoms with E-state index in [9.17, 15) is 13.2 Å². The van der Waals surface area contributed by atoms with Crippen LogP contribution in [-0.2, 0) is 33.9 Å². The molecule has 4 rings (SSSR count). The Morgan fingerprint density at radius 2 is 1.88 bits per heavy atom. The average Bonchev–Trinajstić information content (AvgIpc) is 2.98. The lowest BCUT2D eigenvalue weighted by atomic mass is 10.0. The zero-order valence-electron chi connectivity index (χ0n) is 13.4. The van der Waals surface area contributed by atoms with Gasteiger partial charge in [0.05, 0.1) is 17.1 Å². The summed E-state index contributed by atoms with van der Waals surface area (Å²) >= 11 is 0. The second kappa shape index (κ2) is 5.74. The Morgan fingerprint density at radius 1 is 1.04 bits per heavy atom. The molecular weight excluding hydrogens is 322 g/mol. The largest absolute Gasteiger partial charge is 0.312 e. The number of para-hydroxylation sites is 1. The van der Waals surface area contributed by atoms with Crippen molar-refractivity contribution < 1.29 is 13.2 Å². The van der Waals surface area contributed by atoms with Gasteiger partial charge < -0.3 is 4.90 Å². The van der Waals surface area contributed by atoms with Gasteiger partial charge in [-0.2, -0.15) is 0 Å². The van der Waals surface area contributed by atoms with Crippen molar-refractivity contribution in [2.45, 2.75) is 30.6 Å². The fourth-order valence-corrected chi connectivity index (χ4v) is 5.25. The molecule has 0 atom stereocenters. The van der Waals surface area contributed by atoms with Crippen molar-refractivity contribution in [1.82, 2.24) is 0 Å². The van der Waals surface area contributed by atoms with E-state index >= 15 is 0 Å². The van der Waals surface area contributed by atoms with Crippen LogP contribution < -0.4 is 4.90 Å². The van der Waals surface area contributed by atoms with Crippen molar-refractivity contribution >= 4 is 21.4 Å². The zero-order valence-corrected chi connectivity index (χ0v) is 14.2. The van der Waals surface area contributed by atoms with Gasteiger partial charge in [0, 0.05) is 12.2 Å². The molecule has 0 saturated carbocycles. The monoisotopic (exact) mass is 341 g/mol. The van der Waals surface area contributed by atoms with Gasteiger partial charge in [-0.1, -0.05) is 30.3 Å². The van der Waals surface area contributed by atoms with Gasteiger partial charge in [0.15, 0.2) is 9.84 Å². The van der Waals surface area contributed by atoms with Crippen molar-refractivity contribution in [3.63, 3.8) is 0 Å². The topological polar surface area (TPSA) is 54.5 Å². The van der Waals surface area contributed by atoms with Gasteiger partial charge in [-0.3, -0.25) is 4.79 Å². The number of sulfone groups is 1. The van der Waals surface area contributed by atoms with Crippen LogP contribution in [0.3, 0.4) is 0 Å². The second-order valence-corrected chi connectivity index (χ2v) is 8.54. The second-order valence-electron chi connectivity index (χ2n) is 6.47. The molecule has 2 heterocycles. The van der Waals surface area contributed by atoms with Crippen LogP contribution in [0.1, 0.15) is 23.1 Å². The highest BCUT2D eigenvalue weighted by atomic mass is 32.2. The maximum absolute atomic E-state index is 12.7. The molecule has 2 aliphatic rings. The molecule has 1 amide bonds. The number of hydrogen-bond acceptors (Lipinski definition) is 3. The van der Waals surface area contributed by atoms with Crippen LogP contribution in [0.25, 0.3) is 0 Å². The Bertz CT molecular complexity index is 918. The van der Waals surface area contributed by atoms with Gasteiger partial charge in [-0.25, -0.2) is 8.42 Å². The SMILES string of the molecule is O=C(Cc1ccc2c(c1)CCCS2(=O)=O)N1CCc2ccccc21. The normalized spacial score (nSPS) is 18.1. The number of aryl methyl sites for hydroxylation is 1. The summed E-state index contributed by atoms with van der Waals surface area (Å²) in [6, 6.07) is 13.3. The number of carbonyl (C=O) groups is 1. The van der Waals surface area contributed by atoms with E-state index < -0.39 is 9.84 Å². The minimum atomic E-state index is -3.14. The summed E-state index contributed by atoms with van der Waals surface area (Å²) in [7, 11) is -3.14. The van der Waals surface area contributed by atoms with E-state index in [4.69, 9.17) is 0 Å². The van der Waals surface area contributed by atoms with Crippen molar-refractivity contribution in [1.29, 1.82) is 0 Å². The molecule has 5 heteroatoms. The lowest BCUT2D eigenvalue weighted by molar-refractivity contribution is -0.117. The Hall–Kier alpha value is -2.14. The highest BCUT2D eigenvalue weighted by molar-refractivity contribution is 7.91. The smallest absolute Gasteiger partial charge is 0.231 e. The maximum atomic E-state index is 12.7. The molecule has 2 aliphatic heterocycles. The summed E-state index contributed by atoms with van der Waals surface area (Å²) in [5.41, 5.74) is 3.96. The first-order valence-corrected chi connectivity index (χ1v) is 9.93. The van der Waals surface area contributed by atoms with E-state index in [0.29, 0.717) is 17.7 Å². The average molecular weight is 341 g/mol. The van der Waals surface area contributed by atoms with E-state index in [0.717, 1.165) is 36.2 Å². The van der Waals surface area contributed by atoms with Crippen molar-refractivity contribution in [2.24, 2.45) is 0 Å². The molecule has 0 bridgehead atoms. The molecule has 124 valence electrons. The predicted molar refractivity (Wildman–Crippen MR) is 93.0 cm³/mol. The van der Waals surface area contributed by atoms with Crippen molar-refractivity contribution in [2.75, 3.05) is 17.2 Å². The number of fused-ring (bicyclic) bond motifs is 2. The molecule has 0 aliphatic carbocycles. The number of rotatable bonds is 2. The van der Waals surface area contributed by atoms with Crippen LogP contribution in [0, 0.1) is 0 Å². The van der Waals surface area contributed by atoms with Crippen molar-refractivity contribution in [3.05, 3.63) is 59.2 Å². The van der Waals surface area contributed by atoms with E-state index in [1.165, 1.54) is 5.56 Å². The maximum Gasteiger partial charge on any atom is 0.231 e. The molecule has 24 heavy (non-hydrogen) atoms. The third-order valence-corrected chi connectivity index (χ3v) is 6.76. The Labute approximate surface area is 142 Å². The first kappa shape index (κ1) is 15.4. The predicted octanol–water partition coefficient (Wildman–Crippen LogP) is 2.54. The standard InChI is InChI=1S/C19H19NO3S/c21-19(20-10-9-15-4-1-2-6-17(15)20)13-14-7-8-18-16(12-14)5-3-11-24(18,22)23/h1-2,4,6-8,12H,3,5,9-11,13H2. The zero-order chi connectivity index (χ0) is 16.7. The summed E-state index contributed by atoms with van der Waals surface area (Å²) in [6.07, 6.45) is 2.63. The molecule has 2 aromatic rings. The quantitative estimate of drug-likeness (QED) is 0.843. The molecule has 0 N–H and O–H groups in total. The number of hydrogen-bond donors (Lipinski definition) is 0. The molecule has 0 unspecified atom stereocenters. The molecule has 2 aromatic carbocycles. The molecular formula is C19H19NO3S. The minimum absolute atomic E-state index is 0.0681. The summed E-state index contributed by atoms with van der Waals surface area (Å²) in [6.45, 7) is 0.720. The van der Waals surface area contributed by atoms with E-state index in [1.54, 1.807) is 12.1 Å². The van der Waals surface area contributed by atoms with Crippen LogP contribution in [0.4, 0.5) is 5.69 Å². The fraction of sp³-hybridized carbons (Fsp3) is 0.316. The van der Waals surface area contributed by atoms with Gasteiger partial charge >= 0.3 is 0 Å². The summed E-state index contributed by atoms with van der Waals surface area (Å²) in [5, 5.41) is 0. The highest BCUT2D eigenvalue weighted by Gasteiger charge is 2.26. The van der Waals surface area contributed by atoms with Gasteiger partial charge in [0.2, 0.25) is 5.91 Å². The third kappa shape index (κ3) is 2.63. The lowest BCUT2D eigenvalue weighted by Gasteiger charge is -2.19. The molecule has 0 saturated heterocycles. The van der Waals surface area contributed by atoms with Gasteiger partial charge in [-0.15, -0.1) is 0 Å². The first-order valence-electron chi connectivity index (χ1n) is 8.27. The van der Waals surface area contributed by atoms with Crippen LogP contribution in [0.15, 0.2) is 47.4 Å². The van der Waals surface area contributed by atoms with Crippen molar-refractivity contribution in [3.8, 4) is 0 Å². The molecule has 0 fully saturated rings. The Morgan fingerprint density at radius 3 is 2.75 bits per heavy atom. The van der Waals surface area contributed by atoms with E-state index in [1.807, 2.05) is 29.2 Å². The molecule has 0 radical (unpaired) electrons. The van der Waals surface area contributed by atoms with E-state index in [2.05, 4.69) is 6.07 Å². The van der Waals surface area contributed by atoms with Gasteiger partial charge in [0.1, 0.15) is 0 Å². The number of anilines is 1. The van der Waals surface area contributed by atoms with Gasteiger partial charge in [0.25, 0.3) is 0 Å². The number of carbonyl (C=O) groups excluding carboxylic acids is 1. The number of benzene rings is 2. The summed E-state index contributed by atoms with van der Waals surface area (Å²) < 4.78 is 24.2. The lowest BCUT2D eigenvalue weighted by Crippen LogP contribution is -2.30. The fourth-order valence-electron chi connectivity index (χ4n) is 3.67. The van der Waals surface area contributed by atoms with Crippen LogP contribution in [0.5, 0.6) is 0 Å². The first-order chi connectivity index (χ1) is 11.5. The Balaban J connectivity index is 1.57.